The van der Waals surface area contributed by atoms with Crippen LogP contribution in [0, 0.1) is 18.8 Å². The third-order valence-electron chi connectivity index (χ3n) is 5.77. The van der Waals surface area contributed by atoms with Crippen LogP contribution < -0.4 is 4.74 Å². The molecule has 8 heteroatoms. The van der Waals surface area contributed by atoms with E-state index in [-0.39, 0.29) is 29.0 Å². The van der Waals surface area contributed by atoms with Crippen LogP contribution in [0.1, 0.15) is 57.1 Å². The van der Waals surface area contributed by atoms with Crippen LogP contribution in [0.2, 0.25) is 0 Å². The van der Waals surface area contributed by atoms with E-state index in [4.69, 9.17) is 4.74 Å². The quantitative estimate of drug-likeness (QED) is 0.798. The molecule has 0 unspecified atom stereocenters. The molecule has 1 amide bonds. The Hall–Kier alpha value is -2.09. The van der Waals surface area contributed by atoms with Crippen LogP contribution in [0.5, 0.6) is 5.75 Å². The summed E-state index contributed by atoms with van der Waals surface area (Å²) in [6, 6.07) is 5.53. The lowest BCUT2D eigenvalue weighted by atomic mass is 9.76. The van der Waals surface area contributed by atoms with Crippen molar-refractivity contribution in [1.29, 1.82) is 0 Å². The van der Waals surface area contributed by atoms with E-state index < -0.39 is 30.3 Å². The minimum Gasteiger partial charge on any atom is -0.483 e. The zero-order valence-corrected chi connectivity index (χ0v) is 17.1. The second-order valence-corrected chi connectivity index (χ2v) is 8.44. The number of carbonyl (C=O) groups excluding carboxylic acids is 1. The van der Waals surface area contributed by atoms with E-state index in [1.165, 1.54) is 0 Å². The molecule has 0 saturated heterocycles. The van der Waals surface area contributed by atoms with E-state index in [0.29, 0.717) is 18.6 Å². The lowest BCUT2D eigenvalue weighted by Crippen LogP contribution is -2.62. The van der Waals surface area contributed by atoms with Crippen LogP contribution in [-0.2, 0) is 4.79 Å². The smallest absolute Gasteiger partial charge is 0.439 e. The van der Waals surface area contributed by atoms with Gasteiger partial charge in [0.15, 0.2) is 6.61 Å². The van der Waals surface area contributed by atoms with Crippen molar-refractivity contribution in [2.24, 2.45) is 16.9 Å². The summed E-state index contributed by atoms with van der Waals surface area (Å²) in [7, 11) is 0. The number of ether oxygens (including phenoxy) is 1. The van der Waals surface area contributed by atoms with Crippen LogP contribution in [-0.4, -0.2) is 40.2 Å². The number of hydrogen-bond acceptors (Lipinski definition) is 4. The summed E-state index contributed by atoms with van der Waals surface area (Å²) in [5.74, 6) is -1.68. The molecule has 160 valence electrons. The molecule has 1 aromatic carbocycles. The number of amides is 1. The van der Waals surface area contributed by atoms with Crippen molar-refractivity contribution in [2.75, 3.05) is 6.61 Å². The Bertz CT molecular complexity index is 822. The van der Waals surface area contributed by atoms with Crippen molar-refractivity contribution in [3.63, 3.8) is 0 Å². The van der Waals surface area contributed by atoms with Crippen LogP contribution in [0.4, 0.5) is 13.2 Å². The molecule has 0 radical (unpaired) electrons. The predicted octanol–water partition coefficient (Wildman–Crippen LogP) is 4.38. The van der Waals surface area contributed by atoms with E-state index in [0.717, 1.165) is 11.1 Å². The first-order valence-electron chi connectivity index (χ1n) is 9.88. The van der Waals surface area contributed by atoms with Gasteiger partial charge in [0.2, 0.25) is 0 Å². The maximum Gasteiger partial charge on any atom is 0.439 e. The van der Waals surface area contributed by atoms with Crippen LogP contribution >= 0.6 is 0 Å². The van der Waals surface area contributed by atoms with Crippen LogP contribution in [0.3, 0.4) is 0 Å². The lowest BCUT2D eigenvalue weighted by molar-refractivity contribution is -0.318. The number of hydrazone groups is 1. The summed E-state index contributed by atoms with van der Waals surface area (Å²) in [5, 5.41) is 14.8. The Kier molecular flexibility index (Phi) is 5.69. The van der Waals surface area contributed by atoms with Gasteiger partial charge in [-0.1, -0.05) is 32.9 Å². The Labute approximate surface area is 168 Å². The average molecular weight is 412 g/mol. The molecule has 0 spiro atoms. The molecule has 1 aliphatic heterocycles. The first kappa shape index (κ1) is 21.6. The SMILES string of the molecule is Cc1ccc(C(C)C)c(OCC(=O)N2N=C3CC[C@H](C)C[C@H]3[C@]2(O)C(F)(F)F)c1. The molecular weight excluding hydrogens is 385 g/mol. The van der Waals surface area contributed by atoms with Crippen molar-refractivity contribution in [2.45, 2.75) is 64.8 Å². The zero-order valence-electron chi connectivity index (χ0n) is 17.1. The molecule has 1 saturated carbocycles. The highest BCUT2D eigenvalue weighted by Crippen LogP contribution is 2.49. The second-order valence-electron chi connectivity index (χ2n) is 8.44. The van der Waals surface area contributed by atoms with Crippen molar-refractivity contribution >= 4 is 11.6 Å². The molecule has 0 aromatic heterocycles. The minimum atomic E-state index is -5.03. The number of fused-ring (bicyclic) bond motifs is 1. The molecule has 1 heterocycles. The first-order valence-corrected chi connectivity index (χ1v) is 9.88. The van der Waals surface area contributed by atoms with Gasteiger partial charge in [-0.15, -0.1) is 0 Å². The van der Waals surface area contributed by atoms with Crippen molar-refractivity contribution < 1.29 is 27.8 Å². The van der Waals surface area contributed by atoms with Gasteiger partial charge in [0, 0.05) is 5.71 Å². The number of benzene rings is 1. The highest BCUT2D eigenvalue weighted by Gasteiger charge is 2.68. The molecule has 0 bridgehead atoms. The molecular formula is C21H27F3N2O3. The largest absolute Gasteiger partial charge is 0.483 e. The Morgan fingerprint density at radius 3 is 2.72 bits per heavy atom. The van der Waals surface area contributed by atoms with Gasteiger partial charge < -0.3 is 9.84 Å². The van der Waals surface area contributed by atoms with Gasteiger partial charge in [-0.3, -0.25) is 4.79 Å². The van der Waals surface area contributed by atoms with Crippen molar-refractivity contribution in [3.05, 3.63) is 29.3 Å². The van der Waals surface area contributed by atoms with Gasteiger partial charge in [-0.2, -0.15) is 23.3 Å². The van der Waals surface area contributed by atoms with E-state index in [9.17, 15) is 23.1 Å². The Morgan fingerprint density at radius 1 is 1.41 bits per heavy atom. The summed E-state index contributed by atoms with van der Waals surface area (Å²) < 4.78 is 47.2. The molecule has 5 nitrogen and oxygen atoms in total. The number of hydrogen-bond donors (Lipinski definition) is 1. The highest BCUT2D eigenvalue weighted by molar-refractivity contribution is 5.93. The summed E-state index contributed by atoms with van der Waals surface area (Å²) in [6.07, 6.45) is -3.87. The van der Waals surface area contributed by atoms with Crippen molar-refractivity contribution in [3.8, 4) is 5.75 Å². The van der Waals surface area contributed by atoms with E-state index >= 15 is 0 Å². The van der Waals surface area contributed by atoms with E-state index in [1.807, 2.05) is 39.8 Å². The molecule has 1 fully saturated rings. The lowest BCUT2D eigenvalue weighted by Gasteiger charge is -2.39. The van der Waals surface area contributed by atoms with Crippen molar-refractivity contribution in [1.82, 2.24) is 5.01 Å². The van der Waals surface area contributed by atoms with Gasteiger partial charge in [0.1, 0.15) is 5.75 Å². The topological polar surface area (TPSA) is 62.1 Å². The Morgan fingerprint density at radius 2 is 2.10 bits per heavy atom. The summed E-state index contributed by atoms with van der Waals surface area (Å²) in [5.41, 5.74) is -1.34. The van der Waals surface area contributed by atoms with E-state index in [2.05, 4.69) is 5.10 Å². The van der Waals surface area contributed by atoms with E-state index in [1.54, 1.807) is 6.07 Å². The van der Waals surface area contributed by atoms with Gasteiger partial charge in [0.25, 0.3) is 11.6 Å². The number of alkyl halides is 3. The third kappa shape index (κ3) is 3.86. The number of nitrogens with zero attached hydrogens (tertiary/aromatic N) is 2. The number of carbonyl (C=O) groups is 1. The molecule has 3 atom stereocenters. The van der Waals surface area contributed by atoms with Gasteiger partial charge in [0.05, 0.1) is 5.92 Å². The molecule has 3 rings (SSSR count). The Balaban J connectivity index is 1.85. The molecule has 1 aliphatic carbocycles. The summed E-state index contributed by atoms with van der Waals surface area (Å²) >= 11 is 0. The monoisotopic (exact) mass is 412 g/mol. The van der Waals surface area contributed by atoms with Gasteiger partial charge >= 0.3 is 6.18 Å². The first-order chi connectivity index (χ1) is 13.4. The molecule has 1 N–H and O–H groups in total. The highest BCUT2D eigenvalue weighted by atomic mass is 19.4. The number of aliphatic hydroxyl groups is 1. The molecule has 1 aromatic rings. The summed E-state index contributed by atoms with van der Waals surface area (Å²) in [6.45, 7) is 6.98. The second kappa shape index (κ2) is 7.63. The normalized spacial score (nSPS) is 27.1. The molecule has 29 heavy (non-hydrogen) atoms. The number of rotatable bonds is 4. The minimum absolute atomic E-state index is 0.0139. The van der Waals surface area contributed by atoms with Gasteiger partial charge in [-0.25, -0.2) is 0 Å². The average Bonchev–Trinajstić information content (AvgIpc) is 2.93. The number of halogens is 3. The number of aryl methyl sites for hydroxylation is 1. The summed E-state index contributed by atoms with van der Waals surface area (Å²) in [4.78, 5) is 12.7. The van der Waals surface area contributed by atoms with Gasteiger partial charge in [-0.05, 0) is 55.2 Å². The van der Waals surface area contributed by atoms with Crippen LogP contribution in [0.15, 0.2) is 23.3 Å². The fourth-order valence-electron chi connectivity index (χ4n) is 4.10. The standard InChI is InChI=1S/C21H27F3N2O3/c1-12(2)15-7-5-14(4)10-18(15)29-11-19(27)26-20(28,21(22,23)24)16-9-13(3)6-8-17(16)25-26/h5,7,10,12-13,16,28H,6,8-9,11H2,1-4H3/t13-,16+,20-/m0/s1. The maximum atomic E-state index is 13.9. The molecule has 2 aliphatic rings. The zero-order chi connectivity index (χ0) is 21.6. The fraction of sp³-hybridized carbons (Fsp3) is 0.619. The maximum absolute atomic E-state index is 13.9. The van der Waals surface area contributed by atoms with Crippen LogP contribution in [0.25, 0.3) is 0 Å². The third-order valence-corrected chi connectivity index (χ3v) is 5.77. The predicted molar refractivity (Wildman–Crippen MR) is 103 cm³/mol. The fourth-order valence-corrected chi connectivity index (χ4v) is 4.10.